The first-order valence-corrected chi connectivity index (χ1v) is 12.8. The fourth-order valence-corrected chi connectivity index (χ4v) is 3.22. The predicted molar refractivity (Wildman–Crippen MR) is 108 cm³/mol. The van der Waals surface area contributed by atoms with Crippen LogP contribution in [0.25, 0.3) is 0 Å². The minimum atomic E-state index is -0.416. The minimum Gasteiger partial charge on any atom is -0.391 e. The van der Waals surface area contributed by atoms with E-state index in [9.17, 15) is 10.2 Å². The summed E-state index contributed by atoms with van der Waals surface area (Å²) in [5, 5.41) is 22.7. The Balaban J connectivity index is 3.21. The topological polar surface area (TPSA) is 71.0 Å². The van der Waals surface area contributed by atoms with Crippen LogP contribution >= 0.6 is 0 Å². The van der Waals surface area contributed by atoms with Gasteiger partial charge in [0.25, 0.3) is 0 Å². The molecule has 3 N–H and O–H groups in total. The first-order chi connectivity index (χ1) is 11.7. The Kier molecular flexibility index (Phi) is 19.7. The van der Waals surface area contributed by atoms with Crippen LogP contribution in [-0.2, 0) is 9.47 Å². The molecule has 5 nitrogen and oxygen atoms in total. The van der Waals surface area contributed by atoms with Crippen molar-refractivity contribution in [3.63, 3.8) is 0 Å². The van der Waals surface area contributed by atoms with Crippen LogP contribution in [0.1, 0.15) is 44.9 Å². The van der Waals surface area contributed by atoms with Crippen molar-refractivity contribution < 1.29 is 19.7 Å². The van der Waals surface area contributed by atoms with Crippen molar-refractivity contribution in [3.05, 3.63) is 0 Å². The molecule has 0 bridgehead atoms. The monoisotopic (exact) mass is 379 g/mol. The van der Waals surface area contributed by atoms with E-state index in [1.165, 1.54) is 51.8 Å². The summed E-state index contributed by atoms with van der Waals surface area (Å²) in [4.78, 5) is 0. The molecule has 0 fully saturated rings. The summed E-state index contributed by atoms with van der Waals surface area (Å²) in [6.07, 6.45) is 6.85. The maximum Gasteiger partial charge on any atom is 0.0897 e. The standard InChI is InChI=1S/C17H41NO4Si2/c19-16(7-2-1-5-11-23)14-21-9-3-4-10-22-15-17(20)13-18-8-6-12-24/h16-20H,1-15H2,23-24H3. The zero-order valence-corrected chi connectivity index (χ0v) is 20.0. The van der Waals surface area contributed by atoms with E-state index in [1.807, 2.05) is 0 Å². The molecule has 0 aliphatic heterocycles. The number of ether oxygens (including phenoxy) is 2. The lowest BCUT2D eigenvalue weighted by Gasteiger charge is -2.13. The van der Waals surface area contributed by atoms with E-state index in [0.717, 1.165) is 32.2 Å². The Morgan fingerprint density at radius 1 is 0.750 bits per heavy atom. The summed E-state index contributed by atoms with van der Waals surface area (Å²) in [5.74, 6) is 0. The zero-order chi connectivity index (χ0) is 17.9. The van der Waals surface area contributed by atoms with E-state index < -0.39 is 6.10 Å². The van der Waals surface area contributed by atoms with Gasteiger partial charge in [-0.05, 0) is 32.2 Å². The van der Waals surface area contributed by atoms with Crippen molar-refractivity contribution in [1.82, 2.24) is 5.32 Å². The third-order valence-corrected chi connectivity index (χ3v) is 5.34. The average molecular weight is 380 g/mol. The maximum atomic E-state index is 9.78. The summed E-state index contributed by atoms with van der Waals surface area (Å²) in [5.41, 5.74) is 0. The van der Waals surface area contributed by atoms with Gasteiger partial charge in [0.1, 0.15) is 0 Å². The molecule has 0 aromatic carbocycles. The Morgan fingerprint density at radius 2 is 1.38 bits per heavy atom. The molecule has 0 saturated carbocycles. The van der Waals surface area contributed by atoms with Gasteiger partial charge in [-0.3, -0.25) is 0 Å². The second kappa shape index (κ2) is 19.6. The van der Waals surface area contributed by atoms with Gasteiger partial charge in [0.05, 0.1) is 25.4 Å². The van der Waals surface area contributed by atoms with E-state index in [-0.39, 0.29) is 6.10 Å². The molecule has 0 amide bonds. The zero-order valence-electron chi connectivity index (χ0n) is 16.0. The van der Waals surface area contributed by atoms with E-state index in [2.05, 4.69) is 5.32 Å². The molecule has 0 radical (unpaired) electrons. The largest absolute Gasteiger partial charge is 0.391 e. The Bertz CT molecular complexity index is 227. The van der Waals surface area contributed by atoms with E-state index in [0.29, 0.717) is 33.0 Å². The summed E-state index contributed by atoms with van der Waals surface area (Å²) in [6, 6.07) is 2.67. The molecule has 7 heteroatoms. The first kappa shape index (κ1) is 24.2. The van der Waals surface area contributed by atoms with Crippen LogP contribution in [0.5, 0.6) is 0 Å². The van der Waals surface area contributed by atoms with Gasteiger partial charge < -0.3 is 25.0 Å². The molecular formula is C17H41NO4Si2. The quantitative estimate of drug-likeness (QED) is 0.211. The summed E-state index contributed by atoms with van der Waals surface area (Å²) in [6.45, 7) is 3.78. The van der Waals surface area contributed by atoms with Crippen molar-refractivity contribution in [1.29, 1.82) is 0 Å². The summed E-state index contributed by atoms with van der Waals surface area (Å²) in [7, 11) is 2.54. The summed E-state index contributed by atoms with van der Waals surface area (Å²) < 4.78 is 11.0. The molecule has 2 atom stereocenters. The molecule has 0 heterocycles. The highest BCUT2D eigenvalue weighted by Gasteiger charge is 2.05. The molecule has 0 spiro atoms. The number of nitrogens with one attached hydrogen (secondary N) is 1. The molecule has 2 unspecified atom stereocenters. The van der Waals surface area contributed by atoms with Gasteiger partial charge in [-0.2, -0.15) is 0 Å². The highest BCUT2D eigenvalue weighted by Crippen LogP contribution is 2.05. The first-order valence-electron chi connectivity index (χ1n) is 9.93. The van der Waals surface area contributed by atoms with Crippen LogP contribution in [0.3, 0.4) is 0 Å². The van der Waals surface area contributed by atoms with E-state index >= 15 is 0 Å². The highest BCUT2D eigenvalue weighted by molar-refractivity contribution is 6.08. The molecule has 0 aromatic rings. The van der Waals surface area contributed by atoms with Gasteiger partial charge in [-0.1, -0.05) is 31.4 Å². The third kappa shape index (κ3) is 18.6. The SMILES string of the molecule is OC(CCCCC[SiH3])COCCCCOCC(O)CNCCC[SiH3]. The third-order valence-electron chi connectivity index (χ3n) is 3.93. The van der Waals surface area contributed by atoms with Crippen LogP contribution in [-0.4, -0.2) is 82.4 Å². The van der Waals surface area contributed by atoms with E-state index in [4.69, 9.17) is 9.47 Å². The van der Waals surface area contributed by atoms with Crippen molar-refractivity contribution in [2.24, 2.45) is 0 Å². The Hall–Kier alpha value is 0.234. The van der Waals surface area contributed by atoms with Crippen molar-refractivity contribution >= 4 is 20.5 Å². The summed E-state index contributed by atoms with van der Waals surface area (Å²) >= 11 is 0. The number of hydrogen-bond acceptors (Lipinski definition) is 5. The number of aliphatic hydroxyl groups excluding tert-OH is 2. The smallest absolute Gasteiger partial charge is 0.0897 e. The van der Waals surface area contributed by atoms with Crippen LogP contribution < -0.4 is 5.32 Å². The molecule has 146 valence electrons. The number of rotatable bonds is 19. The van der Waals surface area contributed by atoms with Gasteiger partial charge >= 0.3 is 0 Å². The highest BCUT2D eigenvalue weighted by atomic mass is 28.1. The molecule has 0 saturated heterocycles. The van der Waals surface area contributed by atoms with Crippen molar-refractivity contribution in [3.8, 4) is 0 Å². The van der Waals surface area contributed by atoms with Crippen LogP contribution in [0, 0.1) is 0 Å². The van der Waals surface area contributed by atoms with Crippen LogP contribution in [0.4, 0.5) is 0 Å². The van der Waals surface area contributed by atoms with Gasteiger partial charge in [-0.15, -0.1) is 0 Å². The average Bonchev–Trinajstić information content (AvgIpc) is 2.58. The molecule has 0 aliphatic rings. The van der Waals surface area contributed by atoms with Crippen LogP contribution in [0.15, 0.2) is 0 Å². The Labute approximate surface area is 154 Å². The molecule has 0 aromatic heterocycles. The lowest BCUT2D eigenvalue weighted by atomic mass is 10.1. The normalized spacial score (nSPS) is 14.2. The molecular weight excluding hydrogens is 338 g/mol. The fraction of sp³-hybridized carbons (Fsp3) is 1.00. The van der Waals surface area contributed by atoms with Crippen molar-refractivity contribution in [2.45, 2.75) is 69.2 Å². The number of aliphatic hydroxyl groups is 2. The number of unbranched alkanes of at least 4 members (excludes halogenated alkanes) is 3. The van der Waals surface area contributed by atoms with Crippen molar-refractivity contribution in [2.75, 3.05) is 39.5 Å². The second-order valence-electron chi connectivity index (χ2n) is 6.57. The molecule has 0 rings (SSSR count). The molecule has 0 aliphatic carbocycles. The Morgan fingerprint density at radius 3 is 2.00 bits per heavy atom. The van der Waals surface area contributed by atoms with Gasteiger partial charge in [0.2, 0.25) is 0 Å². The second-order valence-corrected chi connectivity index (χ2v) is 8.57. The maximum absolute atomic E-state index is 9.78. The minimum absolute atomic E-state index is 0.312. The predicted octanol–water partition coefficient (Wildman–Crippen LogP) is -0.371. The fourth-order valence-electron chi connectivity index (χ4n) is 2.37. The van der Waals surface area contributed by atoms with Gasteiger partial charge in [-0.25, -0.2) is 0 Å². The van der Waals surface area contributed by atoms with E-state index in [1.54, 1.807) is 0 Å². The lowest BCUT2D eigenvalue weighted by Crippen LogP contribution is -2.31. The van der Waals surface area contributed by atoms with Crippen LogP contribution in [0.2, 0.25) is 12.1 Å². The number of hydrogen-bond donors (Lipinski definition) is 3. The lowest BCUT2D eigenvalue weighted by molar-refractivity contribution is 0.0189. The van der Waals surface area contributed by atoms with Gasteiger partial charge in [0, 0.05) is 40.2 Å². The molecule has 24 heavy (non-hydrogen) atoms. The van der Waals surface area contributed by atoms with Gasteiger partial charge in [0.15, 0.2) is 0 Å².